The molecule has 0 radical (unpaired) electrons. The summed E-state index contributed by atoms with van der Waals surface area (Å²) in [5, 5.41) is 0. The van der Waals surface area contributed by atoms with Gasteiger partial charge in [0.15, 0.2) is 0 Å². The van der Waals surface area contributed by atoms with Gasteiger partial charge in [-0.05, 0) is 57.1 Å². The summed E-state index contributed by atoms with van der Waals surface area (Å²) in [6.45, 7) is 4.42. The topological polar surface area (TPSA) is 29.5 Å². The fourth-order valence-electron chi connectivity index (χ4n) is 3.49. The normalized spacial score (nSPS) is 22.5. The Balaban J connectivity index is 1.87. The van der Waals surface area contributed by atoms with Crippen molar-refractivity contribution in [3.8, 4) is 0 Å². The molecule has 0 bridgehead atoms. The third-order valence-electron chi connectivity index (χ3n) is 4.63. The Morgan fingerprint density at radius 2 is 2.10 bits per heavy atom. The fourth-order valence-corrected chi connectivity index (χ4v) is 3.49. The Morgan fingerprint density at radius 1 is 1.33 bits per heavy atom. The van der Waals surface area contributed by atoms with Crippen molar-refractivity contribution in [1.29, 1.82) is 0 Å². The van der Waals surface area contributed by atoms with Crippen LogP contribution in [0.15, 0.2) is 24.3 Å². The van der Waals surface area contributed by atoms with Gasteiger partial charge in [0.1, 0.15) is 6.10 Å². The maximum absolute atomic E-state index is 12.8. The highest BCUT2D eigenvalue weighted by molar-refractivity contribution is 5.81. The van der Waals surface area contributed by atoms with E-state index in [4.69, 9.17) is 4.74 Å². The number of amides is 1. The molecule has 1 amide bonds. The van der Waals surface area contributed by atoms with Crippen LogP contribution in [0, 0.1) is 0 Å². The minimum atomic E-state index is -0.329. The van der Waals surface area contributed by atoms with Gasteiger partial charge in [0.25, 0.3) is 5.91 Å². The van der Waals surface area contributed by atoms with Crippen LogP contribution in [0.25, 0.3) is 0 Å². The molecule has 0 aromatic heterocycles. The van der Waals surface area contributed by atoms with E-state index in [1.54, 1.807) is 0 Å². The molecular weight excluding hydrogens is 262 g/mol. The fraction of sp³-hybridized carbons (Fsp3) is 0.611. The number of nitrogens with zero attached hydrogens (tertiary/aromatic N) is 1. The molecule has 0 N–H and O–H groups in total. The highest BCUT2D eigenvalue weighted by Gasteiger charge is 2.40. The lowest BCUT2D eigenvalue weighted by Gasteiger charge is -2.37. The van der Waals surface area contributed by atoms with Gasteiger partial charge in [0, 0.05) is 12.6 Å². The zero-order valence-electron chi connectivity index (χ0n) is 13.0. The Bertz CT molecular complexity index is 510. The molecule has 0 heterocycles. The van der Waals surface area contributed by atoms with Crippen molar-refractivity contribution in [1.82, 2.24) is 4.90 Å². The predicted octanol–water partition coefficient (Wildman–Crippen LogP) is 3.48. The maximum Gasteiger partial charge on any atom is 0.252 e. The second-order valence-electron chi connectivity index (χ2n) is 6.18. The van der Waals surface area contributed by atoms with E-state index in [1.807, 2.05) is 13.8 Å². The van der Waals surface area contributed by atoms with Crippen LogP contribution >= 0.6 is 0 Å². The van der Waals surface area contributed by atoms with E-state index >= 15 is 0 Å². The second kappa shape index (κ2) is 6.18. The molecule has 2 aliphatic carbocycles. The van der Waals surface area contributed by atoms with E-state index in [9.17, 15) is 4.79 Å². The van der Waals surface area contributed by atoms with Crippen molar-refractivity contribution in [3.05, 3.63) is 35.4 Å². The average molecular weight is 287 g/mol. The van der Waals surface area contributed by atoms with Crippen molar-refractivity contribution in [3.63, 3.8) is 0 Å². The zero-order chi connectivity index (χ0) is 14.8. The molecule has 0 spiro atoms. The van der Waals surface area contributed by atoms with Crippen LogP contribution in [0.4, 0.5) is 0 Å². The Morgan fingerprint density at radius 3 is 2.81 bits per heavy atom. The lowest BCUT2D eigenvalue weighted by molar-refractivity contribution is -0.146. The van der Waals surface area contributed by atoms with Crippen LogP contribution in [0.1, 0.15) is 56.7 Å². The van der Waals surface area contributed by atoms with Crippen molar-refractivity contribution in [2.24, 2.45) is 0 Å². The molecular formula is C18H25NO2. The van der Waals surface area contributed by atoms with Crippen molar-refractivity contribution < 1.29 is 9.53 Å². The van der Waals surface area contributed by atoms with E-state index in [-0.39, 0.29) is 18.1 Å². The minimum absolute atomic E-state index is 0.168. The van der Waals surface area contributed by atoms with Gasteiger partial charge in [-0.1, -0.05) is 24.3 Å². The van der Waals surface area contributed by atoms with Crippen molar-refractivity contribution >= 4 is 5.91 Å². The van der Waals surface area contributed by atoms with Crippen molar-refractivity contribution in [2.75, 3.05) is 6.61 Å². The van der Waals surface area contributed by atoms with Crippen LogP contribution in [-0.4, -0.2) is 29.6 Å². The minimum Gasteiger partial charge on any atom is -0.369 e. The van der Waals surface area contributed by atoms with E-state index < -0.39 is 0 Å². The molecule has 1 fully saturated rings. The van der Waals surface area contributed by atoms with E-state index in [0.29, 0.717) is 12.6 Å². The molecule has 1 aromatic rings. The van der Waals surface area contributed by atoms with Gasteiger partial charge in [0.2, 0.25) is 0 Å². The number of hydrogen-bond donors (Lipinski definition) is 0. The van der Waals surface area contributed by atoms with Gasteiger partial charge in [-0.25, -0.2) is 0 Å². The summed E-state index contributed by atoms with van der Waals surface area (Å²) >= 11 is 0. The molecule has 114 valence electrons. The summed E-state index contributed by atoms with van der Waals surface area (Å²) in [5.74, 6) is 0.168. The summed E-state index contributed by atoms with van der Waals surface area (Å²) in [6, 6.07) is 9.29. The molecule has 3 heteroatoms. The van der Waals surface area contributed by atoms with Crippen LogP contribution in [0.2, 0.25) is 0 Å². The molecule has 0 aliphatic heterocycles. The second-order valence-corrected chi connectivity index (χ2v) is 6.18. The van der Waals surface area contributed by atoms with Crippen LogP contribution in [0.5, 0.6) is 0 Å². The van der Waals surface area contributed by atoms with Gasteiger partial charge in [0.05, 0.1) is 6.04 Å². The number of fused-ring (bicyclic) bond motifs is 1. The largest absolute Gasteiger partial charge is 0.369 e. The summed E-state index contributed by atoms with van der Waals surface area (Å²) < 4.78 is 5.55. The van der Waals surface area contributed by atoms with Crippen LogP contribution < -0.4 is 0 Å². The molecule has 0 saturated heterocycles. The number of aryl methyl sites for hydroxylation is 1. The standard InChI is InChI=1S/C18H25NO2/c1-3-21-13(2)18(20)19(15-11-12-15)17-10-6-8-14-7-4-5-9-16(14)17/h4-5,7,9,13,15,17H,3,6,8,10-12H2,1-2H3. The molecule has 21 heavy (non-hydrogen) atoms. The Labute approximate surface area is 127 Å². The maximum atomic E-state index is 12.8. The number of carbonyl (C=O) groups is 1. The SMILES string of the molecule is CCOC(C)C(=O)N(C1CC1)C1CCCc2ccccc21. The number of rotatable bonds is 5. The first-order valence-electron chi connectivity index (χ1n) is 8.24. The highest BCUT2D eigenvalue weighted by atomic mass is 16.5. The summed E-state index contributed by atoms with van der Waals surface area (Å²) in [6.07, 6.45) is 5.34. The molecule has 2 atom stereocenters. The smallest absolute Gasteiger partial charge is 0.252 e. The monoisotopic (exact) mass is 287 g/mol. The zero-order valence-corrected chi connectivity index (χ0v) is 13.0. The third-order valence-corrected chi connectivity index (χ3v) is 4.63. The summed E-state index contributed by atoms with van der Waals surface area (Å²) in [5.41, 5.74) is 2.77. The number of ether oxygens (including phenoxy) is 1. The first kappa shape index (κ1) is 14.6. The lowest BCUT2D eigenvalue weighted by Crippen LogP contribution is -2.44. The van der Waals surface area contributed by atoms with Gasteiger partial charge in [-0.3, -0.25) is 4.79 Å². The van der Waals surface area contributed by atoms with E-state index in [0.717, 1.165) is 25.7 Å². The number of benzene rings is 1. The van der Waals surface area contributed by atoms with Gasteiger partial charge < -0.3 is 9.64 Å². The number of hydrogen-bond acceptors (Lipinski definition) is 2. The van der Waals surface area contributed by atoms with E-state index in [1.165, 1.54) is 17.5 Å². The Hall–Kier alpha value is -1.35. The summed E-state index contributed by atoms with van der Waals surface area (Å²) in [4.78, 5) is 15.0. The molecule has 1 saturated carbocycles. The van der Waals surface area contributed by atoms with E-state index in [2.05, 4.69) is 29.2 Å². The summed E-state index contributed by atoms with van der Waals surface area (Å²) in [7, 11) is 0. The first-order chi connectivity index (χ1) is 10.2. The molecule has 3 rings (SSSR count). The van der Waals surface area contributed by atoms with Crippen LogP contribution in [0.3, 0.4) is 0 Å². The van der Waals surface area contributed by atoms with Gasteiger partial charge in [-0.15, -0.1) is 0 Å². The van der Waals surface area contributed by atoms with Gasteiger partial charge >= 0.3 is 0 Å². The molecule has 2 aliphatic rings. The van der Waals surface area contributed by atoms with Crippen LogP contribution in [-0.2, 0) is 16.0 Å². The quantitative estimate of drug-likeness (QED) is 0.830. The number of carbonyl (C=O) groups excluding carboxylic acids is 1. The lowest BCUT2D eigenvalue weighted by atomic mass is 9.86. The average Bonchev–Trinajstić information content (AvgIpc) is 3.33. The first-order valence-corrected chi connectivity index (χ1v) is 8.24. The third kappa shape index (κ3) is 2.98. The molecule has 2 unspecified atom stereocenters. The van der Waals surface area contributed by atoms with Gasteiger partial charge in [-0.2, -0.15) is 0 Å². The van der Waals surface area contributed by atoms with Crippen molar-refractivity contribution in [2.45, 2.75) is 64.1 Å². The predicted molar refractivity (Wildman–Crippen MR) is 83.1 cm³/mol. The molecule has 1 aromatic carbocycles. The Kier molecular flexibility index (Phi) is 4.29. The molecule has 3 nitrogen and oxygen atoms in total. The highest BCUT2D eigenvalue weighted by Crippen LogP contribution is 2.41.